The molecule has 0 fully saturated rings. The maximum atomic E-state index is 2.43. The molecular formula is C52H37N. The molecule has 0 atom stereocenters. The zero-order valence-corrected chi connectivity index (χ0v) is 29.3. The maximum absolute atomic E-state index is 2.43. The first kappa shape index (κ1) is 32.0. The van der Waals surface area contributed by atoms with Crippen LogP contribution in [-0.4, -0.2) is 0 Å². The van der Waals surface area contributed by atoms with Gasteiger partial charge in [-0.2, -0.15) is 0 Å². The molecule has 0 saturated carbocycles. The Morgan fingerprint density at radius 2 is 0.717 bits per heavy atom. The molecule has 0 aliphatic heterocycles. The van der Waals surface area contributed by atoms with Gasteiger partial charge < -0.3 is 4.90 Å². The van der Waals surface area contributed by atoms with Crippen LogP contribution in [0.4, 0.5) is 17.1 Å². The molecule has 0 aliphatic rings. The van der Waals surface area contributed by atoms with E-state index in [9.17, 15) is 0 Å². The van der Waals surface area contributed by atoms with Crippen LogP contribution in [0.15, 0.2) is 224 Å². The Morgan fingerprint density at radius 3 is 1.38 bits per heavy atom. The summed E-state index contributed by atoms with van der Waals surface area (Å²) in [5, 5.41) is 2.41. The van der Waals surface area contributed by atoms with Gasteiger partial charge in [-0.05, 0) is 91.9 Å². The summed E-state index contributed by atoms with van der Waals surface area (Å²) in [6.45, 7) is 0. The first-order valence-electron chi connectivity index (χ1n) is 18.2. The second-order valence-corrected chi connectivity index (χ2v) is 13.3. The fraction of sp³-hybridized carbons (Fsp3) is 0. The summed E-state index contributed by atoms with van der Waals surface area (Å²) in [6.07, 6.45) is 0. The van der Waals surface area contributed by atoms with Gasteiger partial charge in [0.25, 0.3) is 0 Å². The molecule has 9 aromatic rings. The second kappa shape index (κ2) is 14.3. The molecule has 0 unspecified atom stereocenters. The predicted molar refractivity (Wildman–Crippen MR) is 226 cm³/mol. The van der Waals surface area contributed by atoms with Gasteiger partial charge in [-0.25, -0.2) is 0 Å². The van der Waals surface area contributed by atoms with Gasteiger partial charge in [-0.3, -0.25) is 0 Å². The molecule has 0 spiro atoms. The van der Waals surface area contributed by atoms with Crippen LogP contribution in [0.2, 0.25) is 0 Å². The summed E-state index contributed by atoms with van der Waals surface area (Å²) in [7, 11) is 0. The fourth-order valence-corrected chi connectivity index (χ4v) is 7.45. The molecule has 0 heterocycles. The van der Waals surface area contributed by atoms with Gasteiger partial charge in [0, 0.05) is 16.6 Å². The molecule has 250 valence electrons. The topological polar surface area (TPSA) is 3.24 Å². The SMILES string of the molecule is c1ccc(-c2ccc(N(c3ccc(-c4ccc(-c5ccccc5)cc4-c4ccccc4)cc3-c3ccccc3)c3cccc4ccccc34)cc2)cc1. The number of nitrogens with zero attached hydrogens (tertiary/aromatic N) is 1. The highest BCUT2D eigenvalue weighted by Crippen LogP contribution is 2.46. The summed E-state index contributed by atoms with van der Waals surface area (Å²) < 4.78 is 0. The lowest BCUT2D eigenvalue weighted by atomic mass is 9.89. The van der Waals surface area contributed by atoms with Crippen molar-refractivity contribution in [3.63, 3.8) is 0 Å². The van der Waals surface area contributed by atoms with E-state index in [4.69, 9.17) is 0 Å². The van der Waals surface area contributed by atoms with Gasteiger partial charge in [0.1, 0.15) is 0 Å². The van der Waals surface area contributed by atoms with Gasteiger partial charge in [0.05, 0.1) is 11.4 Å². The number of anilines is 3. The van der Waals surface area contributed by atoms with E-state index in [1.54, 1.807) is 0 Å². The van der Waals surface area contributed by atoms with E-state index in [0.29, 0.717) is 0 Å². The summed E-state index contributed by atoms with van der Waals surface area (Å²) >= 11 is 0. The summed E-state index contributed by atoms with van der Waals surface area (Å²) in [5.41, 5.74) is 15.3. The molecule has 9 aromatic carbocycles. The highest BCUT2D eigenvalue weighted by atomic mass is 15.1. The minimum Gasteiger partial charge on any atom is -0.309 e. The Bertz CT molecular complexity index is 2620. The van der Waals surface area contributed by atoms with Gasteiger partial charge in [-0.15, -0.1) is 0 Å². The summed E-state index contributed by atoms with van der Waals surface area (Å²) in [4.78, 5) is 2.43. The van der Waals surface area contributed by atoms with Gasteiger partial charge >= 0.3 is 0 Å². The normalized spacial score (nSPS) is 11.0. The number of hydrogen-bond donors (Lipinski definition) is 0. The molecule has 53 heavy (non-hydrogen) atoms. The van der Waals surface area contributed by atoms with Crippen molar-refractivity contribution in [2.24, 2.45) is 0 Å². The average Bonchev–Trinajstić information content (AvgIpc) is 3.25. The number of fused-ring (bicyclic) bond motifs is 1. The largest absolute Gasteiger partial charge is 0.309 e. The van der Waals surface area contributed by atoms with E-state index >= 15 is 0 Å². The summed E-state index contributed by atoms with van der Waals surface area (Å²) in [5.74, 6) is 0. The van der Waals surface area contributed by atoms with Gasteiger partial charge in [0.15, 0.2) is 0 Å². The number of hydrogen-bond acceptors (Lipinski definition) is 1. The summed E-state index contributed by atoms with van der Waals surface area (Å²) in [6, 6.07) is 80.9. The van der Waals surface area contributed by atoms with Crippen molar-refractivity contribution in [2.75, 3.05) is 4.90 Å². The van der Waals surface area contributed by atoms with Crippen LogP contribution in [0.1, 0.15) is 0 Å². The van der Waals surface area contributed by atoms with Crippen molar-refractivity contribution < 1.29 is 0 Å². The quantitative estimate of drug-likeness (QED) is 0.155. The number of benzene rings is 9. The smallest absolute Gasteiger partial charge is 0.0540 e. The standard InChI is InChI=1S/C52H37N/c1-5-16-38(17-6-1)40-28-32-46(33-29-40)53(51-27-15-25-41-24-13-14-26-48(41)51)52-35-31-45(37-50(52)43-22-11-4-12-23-43)47-34-30-44(39-18-7-2-8-19-39)36-49(47)42-20-9-3-10-21-42/h1-37H. The lowest BCUT2D eigenvalue weighted by Crippen LogP contribution is -2.12. The minimum absolute atomic E-state index is 1.10. The molecule has 0 aromatic heterocycles. The van der Waals surface area contributed by atoms with Crippen LogP contribution in [0, 0.1) is 0 Å². The third-order valence-corrected chi connectivity index (χ3v) is 10.1. The molecule has 0 aliphatic carbocycles. The average molecular weight is 676 g/mol. The first-order chi connectivity index (χ1) is 26.3. The molecule has 0 saturated heterocycles. The van der Waals surface area contributed by atoms with Gasteiger partial charge in [0.2, 0.25) is 0 Å². The number of rotatable bonds is 8. The van der Waals surface area contributed by atoms with Crippen molar-refractivity contribution in [1.29, 1.82) is 0 Å². The Labute approximate surface area is 311 Å². The zero-order valence-electron chi connectivity index (χ0n) is 29.3. The molecule has 0 radical (unpaired) electrons. The van der Waals surface area contributed by atoms with Crippen LogP contribution < -0.4 is 4.90 Å². The predicted octanol–water partition coefficient (Wildman–Crippen LogP) is 14.6. The lowest BCUT2D eigenvalue weighted by Gasteiger charge is -2.30. The first-order valence-corrected chi connectivity index (χ1v) is 18.2. The third-order valence-electron chi connectivity index (χ3n) is 10.1. The van der Waals surface area contributed by atoms with Crippen molar-refractivity contribution in [1.82, 2.24) is 0 Å². The van der Waals surface area contributed by atoms with Gasteiger partial charge in [-0.1, -0.05) is 188 Å². The van der Waals surface area contributed by atoms with Crippen LogP contribution in [-0.2, 0) is 0 Å². The second-order valence-electron chi connectivity index (χ2n) is 13.3. The van der Waals surface area contributed by atoms with Crippen LogP contribution >= 0.6 is 0 Å². The monoisotopic (exact) mass is 675 g/mol. The highest BCUT2D eigenvalue weighted by Gasteiger charge is 2.21. The highest BCUT2D eigenvalue weighted by molar-refractivity contribution is 6.02. The van der Waals surface area contributed by atoms with E-state index in [1.165, 1.54) is 55.3 Å². The van der Waals surface area contributed by atoms with Crippen molar-refractivity contribution in [3.8, 4) is 55.6 Å². The molecule has 1 heteroatoms. The van der Waals surface area contributed by atoms with Crippen molar-refractivity contribution >= 4 is 27.8 Å². The molecular weight excluding hydrogens is 639 g/mol. The van der Waals surface area contributed by atoms with Crippen LogP contribution in [0.5, 0.6) is 0 Å². The van der Waals surface area contributed by atoms with E-state index < -0.39 is 0 Å². The Morgan fingerprint density at radius 1 is 0.245 bits per heavy atom. The molecule has 0 amide bonds. The van der Waals surface area contributed by atoms with E-state index in [2.05, 4.69) is 229 Å². The molecule has 1 nitrogen and oxygen atoms in total. The van der Waals surface area contributed by atoms with Crippen LogP contribution in [0.3, 0.4) is 0 Å². The van der Waals surface area contributed by atoms with E-state index in [1.807, 2.05) is 0 Å². The maximum Gasteiger partial charge on any atom is 0.0540 e. The van der Waals surface area contributed by atoms with Crippen molar-refractivity contribution in [3.05, 3.63) is 224 Å². The molecule has 0 N–H and O–H groups in total. The fourth-order valence-electron chi connectivity index (χ4n) is 7.45. The Balaban J connectivity index is 1.26. The van der Waals surface area contributed by atoms with Crippen molar-refractivity contribution in [2.45, 2.75) is 0 Å². The third kappa shape index (κ3) is 6.42. The molecule has 0 bridgehead atoms. The zero-order chi connectivity index (χ0) is 35.4. The minimum atomic E-state index is 1.10. The lowest BCUT2D eigenvalue weighted by molar-refractivity contribution is 1.30. The van der Waals surface area contributed by atoms with Crippen LogP contribution in [0.25, 0.3) is 66.4 Å². The Hall–Kier alpha value is -6.96. The molecule has 9 rings (SSSR count). The van der Waals surface area contributed by atoms with E-state index in [0.717, 1.165) is 28.2 Å². The Kier molecular flexibility index (Phi) is 8.66. The van der Waals surface area contributed by atoms with E-state index in [-0.39, 0.29) is 0 Å².